The molecule has 1 aromatic carbocycles. The molecule has 2 rings (SSSR count). The minimum absolute atomic E-state index is 0.0104. The Morgan fingerprint density at radius 3 is 2.80 bits per heavy atom. The third kappa shape index (κ3) is 3.49. The lowest BCUT2D eigenvalue weighted by Crippen LogP contribution is -2.46. The van der Waals surface area contributed by atoms with Crippen LogP contribution in [0.5, 0.6) is 0 Å². The molecule has 0 spiro atoms. The highest BCUT2D eigenvalue weighted by Crippen LogP contribution is 2.25. The molecule has 0 saturated carbocycles. The molecule has 1 heterocycles. The highest BCUT2D eigenvalue weighted by Gasteiger charge is 2.31. The molecule has 1 aliphatic rings. The van der Waals surface area contributed by atoms with Gasteiger partial charge in [-0.1, -0.05) is 23.7 Å². The van der Waals surface area contributed by atoms with Gasteiger partial charge in [-0.25, -0.2) is 0 Å². The molecule has 1 fully saturated rings. The number of nitrogens with zero attached hydrogens (tertiary/aromatic N) is 1. The molecule has 0 N–H and O–H groups in total. The highest BCUT2D eigenvalue weighted by molar-refractivity contribution is 6.30. The van der Waals surface area contributed by atoms with Crippen molar-refractivity contribution in [2.45, 2.75) is 13.0 Å². The quantitative estimate of drug-likeness (QED) is 0.795. The van der Waals surface area contributed by atoms with Crippen molar-refractivity contribution >= 4 is 23.5 Å². The van der Waals surface area contributed by atoms with Crippen LogP contribution < -0.4 is 0 Å². The Balaban J connectivity index is 2.17. The van der Waals surface area contributed by atoms with Crippen molar-refractivity contribution in [3.05, 3.63) is 34.9 Å². The van der Waals surface area contributed by atoms with Gasteiger partial charge < -0.3 is 14.4 Å². The summed E-state index contributed by atoms with van der Waals surface area (Å²) in [6.07, 6.45) is 0. The van der Waals surface area contributed by atoms with E-state index in [0.29, 0.717) is 18.2 Å². The van der Waals surface area contributed by atoms with Crippen molar-refractivity contribution in [2.24, 2.45) is 0 Å². The molecule has 108 valence electrons. The molecule has 1 atom stereocenters. The third-order valence-corrected chi connectivity index (χ3v) is 3.31. The van der Waals surface area contributed by atoms with E-state index in [1.807, 2.05) is 12.1 Å². The first-order chi connectivity index (χ1) is 9.61. The summed E-state index contributed by atoms with van der Waals surface area (Å²) < 4.78 is 10.2. The lowest BCUT2D eigenvalue weighted by atomic mass is 10.0. The topological polar surface area (TPSA) is 55.8 Å². The van der Waals surface area contributed by atoms with Crippen LogP contribution in [0.3, 0.4) is 0 Å². The molecule has 1 unspecified atom stereocenters. The number of hydrogen-bond donors (Lipinski definition) is 0. The second kappa shape index (κ2) is 6.72. The lowest BCUT2D eigenvalue weighted by molar-refractivity contribution is -0.158. The van der Waals surface area contributed by atoms with Gasteiger partial charge in [0.1, 0.15) is 13.2 Å². The van der Waals surface area contributed by atoms with Crippen LogP contribution in [0.2, 0.25) is 5.02 Å². The molecular weight excluding hydrogens is 282 g/mol. The van der Waals surface area contributed by atoms with Crippen LogP contribution in [0.15, 0.2) is 24.3 Å². The van der Waals surface area contributed by atoms with Crippen molar-refractivity contribution in [2.75, 3.05) is 26.4 Å². The summed E-state index contributed by atoms with van der Waals surface area (Å²) in [7, 11) is 0. The summed E-state index contributed by atoms with van der Waals surface area (Å²) >= 11 is 5.86. The summed E-state index contributed by atoms with van der Waals surface area (Å²) in [5.74, 6) is -0.633. The van der Waals surface area contributed by atoms with E-state index in [1.54, 1.807) is 19.1 Å². The van der Waals surface area contributed by atoms with E-state index in [2.05, 4.69) is 0 Å². The lowest BCUT2D eigenvalue weighted by Gasteiger charge is -2.35. The van der Waals surface area contributed by atoms with Crippen molar-refractivity contribution in [3.63, 3.8) is 0 Å². The standard InChI is InChI=1S/C14H16ClNO4/c1-2-20-14(18)7-16-12(8-19-9-13(16)17)10-3-5-11(15)6-4-10/h3-6,12H,2,7-9H2,1H3. The minimum atomic E-state index is -0.415. The first-order valence-corrected chi connectivity index (χ1v) is 6.78. The van der Waals surface area contributed by atoms with Gasteiger partial charge >= 0.3 is 5.97 Å². The maximum absolute atomic E-state index is 12.0. The van der Waals surface area contributed by atoms with Crippen LogP contribution in [0.4, 0.5) is 0 Å². The molecule has 1 aliphatic heterocycles. The Bertz CT molecular complexity index is 488. The summed E-state index contributed by atoms with van der Waals surface area (Å²) in [5.41, 5.74) is 0.881. The smallest absolute Gasteiger partial charge is 0.325 e. The van der Waals surface area contributed by atoms with Gasteiger partial charge in [0.2, 0.25) is 5.91 Å². The van der Waals surface area contributed by atoms with E-state index < -0.39 is 5.97 Å². The van der Waals surface area contributed by atoms with E-state index >= 15 is 0 Å². The first kappa shape index (κ1) is 14.8. The maximum Gasteiger partial charge on any atom is 0.325 e. The minimum Gasteiger partial charge on any atom is -0.465 e. The highest BCUT2D eigenvalue weighted by atomic mass is 35.5. The number of ether oxygens (including phenoxy) is 2. The normalized spacial score (nSPS) is 19.0. The Hall–Kier alpha value is -1.59. The monoisotopic (exact) mass is 297 g/mol. The predicted octanol–water partition coefficient (Wildman–Crippen LogP) is 1.80. The number of carbonyl (C=O) groups excluding carboxylic acids is 2. The number of hydrogen-bond acceptors (Lipinski definition) is 4. The summed E-state index contributed by atoms with van der Waals surface area (Å²) in [6, 6.07) is 6.86. The molecule has 0 aliphatic carbocycles. The van der Waals surface area contributed by atoms with E-state index in [1.165, 1.54) is 4.90 Å². The fraction of sp³-hybridized carbons (Fsp3) is 0.429. The fourth-order valence-corrected chi connectivity index (χ4v) is 2.24. The van der Waals surface area contributed by atoms with Gasteiger partial charge in [0, 0.05) is 5.02 Å². The average Bonchev–Trinajstić information content (AvgIpc) is 2.42. The van der Waals surface area contributed by atoms with Crippen LogP contribution in [-0.4, -0.2) is 43.1 Å². The zero-order valence-corrected chi connectivity index (χ0v) is 11.9. The Morgan fingerprint density at radius 1 is 1.45 bits per heavy atom. The van der Waals surface area contributed by atoms with Crippen molar-refractivity contribution in [1.82, 2.24) is 4.90 Å². The molecule has 6 heteroatoms. The molecule has 1 saturated heterocycles. The third-order valence-electron chi connectivity index (χ3n) is 3.06. The number of esters is 1. The van der Waals surface area contributed by atoms with Crippen LogP contribution in [0, 0.1) is 0 Å². The second-order valence-corrected chi connectivity index (χ2v) is 4.85. The van der Waals surface area contributed by atoms with Crippen LogP contribution in [0.1, 0.15) is 18.5 Å². The SMILES string of the molecule is CCOC(=O)CN1C(=O)COCC1c1ccc(Cl)cc1. The molecule has 1 amide bonds. The molecule has 5 nitrogen and oxygen atoms in total. The summed E-state index contributed by atoms with van der Waals surface area (Å²) in [6.45, 7) is 2.30. The van der Waals surface area contributed by atoms with Crippen molar-refractivity contribution < 1.29 is 19.1 Å². The first-order valence-electron chi connectivity index (χ1n) is 6.40. The van der Waals surface area contributed by atoms with E-state index in [4.69, 9.17) is 21.1 Å². The molecular formula is C14H16ClNO4. The number of halogens is 1. The van der Waals surface area contributed by atoms with E-state index in [9.17, 15) is 9.59 Å². The van der Waals surface area contributed by atoms with Crippen LogP contribution >= 0.6 is 11.6 Å². The van der Waals surface area contributed by atoms with Gasteiger partial charge in [-0.15, -0.1) is 0 Å². The number of carbonyl (C=O) groups is 2. The van der Waals surface area contributed by atoms with Gasteiger partial charge in [-0.3, -0.25) is 9.59 Å². The fourth-order valence-electron chi connectivity index (χ4n) is 2.11. The van der Waals surface area contributed by atoms with Crippen LogP contribution in [-0.2, 0) is 19.1 Å². The zero-order valence-electron chi connectivity index (χ0n) is 11.2. The van der Waals surface area contributed by atoms with E-state index in [0.717, 1.165) is 5.56 Å². The summed E-state index contributed by atoms with van der Waals surface area (Å²) in [4.78, 5) is 25.1. The van der Waals surface area contributed by atoms with Gasteiger partial charge in [0.05, 0.1) is 19.3 Å². The Kier molecular flexibility index (Phi) is 4.98. The number of benzene rings is 1. The molecule has 0 radical (unpaired) electrons. The average molecular weight is 298 g/mol. The molecule has 1 aromatic rings. The maximum atomic E-state index is 12.0. The second-order valence-electron chi connectivity index (χ2n) is 4.41. The van der Waals surface area contributed by atoms with Gasteiger partial charge in [-0.05, 0) is 24.6 Å². The van der Waals surface area contributed by atoms with Gasteiger partial charge in [0.25, 0.3) is 0 Å². The van der Waals surface area contributed by atoms with Gasteiger partial charge in [0.15, 0.2) is 0 Å². The van der Waals surface area contributed by atoms with E-state index in [-0.39, 0.29) is 25.1 Å². The molecule has 20 heavy (non-hydrogen) atoms. The van der Waals surface area contributed by atoms with Gasteiger partial charge in [-0.2, -0.15) is 0 Å². The van der Waals surface area contributed by atoms with Crippen molar-refractivity contribution in [1.29, 1.82) is 0 Å². The zero-order chi connectivity index (χ0) is 14.5. The molecule has 0 bridgehead atoms. The molecule has 0 aromatic heterocycles. The number of rotatable bonds is 4. The predicted molar refractivity (Wildman–Crippen MR) is 73.4 cm³/mol. The Morgan fingerprint density at radius 2 is 2.15 bits per heavy atom. The van der Waals surface area contributed by atoms with Crippen LogP contribution in [0.25, 0.3) is 0 Å². The largest absolute Gasteiger partial charge is 0.465 e. The number of amides is 1. The Labute approximate surface area is 122 Å². The van der Waals surface area contributed by atoms with Crippen molar-refractivity contribution in [3.8, 4) is 0 Å². The number of morpholine rings is 1. The summed E-state index contributed by atoms with van der Waals surface area (Å²) in [5, 5.41) is 0.619.